The molecule has 0 aliphatic carbocycles. The Morgan fingerprint density at radius 2 is 1.84 bits per heavy atom. The number of nitrogens with zero attached hydrogens (tertiary/aromatic N) is 1. The van der Waals surface area contributed by atoms with Gasteiger partial charge in [0.05, 0.1) is 21.1 Å². The quantitative estimate of drug-likeness (QED) is 0.451. The van der Waals surface area contributed by atoms with Crippen LogP contribution in [0, 0.1) is 0 Å². The van der Waals surface area contributed by atoms with Crippen LogP contribution < -0.4 is 26.5 Å². The number of aromatic amines is 1. The number of benzene rings is 2. The van der Waals surface area contributed by atoms with E-state index in [2.05, 4.69) is 25.9 Å². The van der Waals surface area contributed by atoms with Gasteiger partial charge in [-0.2, -0.15) is 0 Å². The maximum Gasteiger partial charge on any atom is 0.427 e. The Kier molecular flexibility index (Phi) is 5.53. The largest absolute Gasteiger partial charge is 0.454 e. The van der Waals surface area contributed by atoms with Crippen LogP contribution in [0.2, 0.25) is 10.0 Å². The molecule has 1 aliphatic heterocycles. The summed E-state index contributed by atoms with van der Waals surface area (Å²) in [5, 5.41) is 5.14. The fraction of sp³-hybridized carbons (Fsp3) is 0.250. The molecule has 1 unspecified atom stereocenters. The number of imidazole rings is 1. The smallest absolute Gasteiger partial charge is 0.427 e. The number of ether oxygens (including phenoxy) is 1. The van der Waals surface area contributed by atoms with Gasteiger partial charge in [-0.1, -0.05) is 23.2 Å². The SMILES string of the molecule is CC(C)(C)n1c(=O)[nH]c2ccc(Oc3c(Cl)cc(NC(=O)C4NOC(=O)N4)cc3Cl)cc21. The fourth-order valence-corrected chi connectivity index (χ4v) is 3.85. The zero-order chi connectivity index (χ0) is 23.2. The second-order valence-corrected chi connectivity index (χ2v) is 8.87. The van der Waals surface area contributed by atoms with Crippen LogP contribution in [0.4, 0.5) is 10.5 Å². The minimum atomic E-state index is -1.05. The van der Waals surface area contributed by atoms with E-state index in [1.165, 1.54) is 12.1 Å². The van der Waals surface area contributed by atoms with Gasteiger partial charge >= 0.3 is 11.8 Å². The third-order valence-electron chi connectivity index (χ3n) is 4.61. The average molecular weight is 480 g/mol. The Hall–Kier alpha value is -3.21. The summed E-state index contributed by atoms with van der Waals surface area (Å²) in [5.41, 5.74) is 3.21. The van der Waals surface area contributed by atoms with Crippen molar-refractivity contribution in [1.29, 1.82) is 0 Å². The topological polar surface area (TPSA) is 126 Å². The number of aromatic nitrogens is 2. The molecule has 4 rings (SSSR count). The second-order valence-electron chi connectivity index (χ2n) is 8.06. The van der Waals surface area contributed by atoms with Crippen LogP contribution >= 0.6 is 23.2 Å². The van der Waals surface area contributed by atoms with Crippen LogP contribution in [0.3, 0.4) is 0 Å². The molecule has 2 aromatic carbocycles. The second kappa shape index (κ2) is 8.05. The predicted molar refractivity (Wildman–Crippen MR) is 119 cm³/mol. The van der Waals surface area contributed by atoms with Gasteiger partial charge in [-0.25, -0.2) is 9.59 Å². The average Bonchev–Trinajstić information content (AvgIpc) is 3.26. The Morgan fingerprint density at radius 3 is 2.44 bits per heavy atom. The highest BCUT2D eigenvalue weighted by atomic mass is 35.5. The zero-order valence-corrected chi connectivity index (χ0v) is 18.7. The van der Waals surface area contributed by atoms with Crippen molar-refractivity contribution in [3.05, 3.63) is 50.9 Å². The molecular formula is C20H19Cl2N5O5. The van der Waals surface area contributed by atoms with Crippen molar-refractivity contribution in [2.24, 2.45) is 0 Å². The first kappa shape index (κ1) is 22.0. The first-order chi connectivity index (χ1) is 15.0. The summed E-state index contributed by atoms with van der Waals surface area (Å²) in [5.74, 6) is 0.0290. The molecule has 168 valence electrons. The highest BCUT2D eigenvalue weighted by Gasteiger charge is 2.29. The summed E-state index contributed by atoms with van der Waals surface area (Å²) < 4.78 is 7.54. The maximum atomic E-state index is 12.4. The van der Waals surface area contributed by atoms with E-state index in [1.54, 1.807) is 22.8 Å². The molecule has 0 saturated carbocycles. The van der Waals surface area contributed by atoms with Crippen molar-refractivity contribution in [2.45, 2.75) is 32.5 Å². The highest BCUT2D eigenvalue weighted by molar-refractivity contribution is 6.37. The number of rotatable bonds is 4. The minimum Gasteiger partial charge on any atom is -0.454 e. The fourth-order valence-electron chi connectivity index (χ4n) is 3.28. The number of hydrogen-bond acceptors (Lipinski definition) is 6. The van der Waals surface area contributed by atoms with E-state index in [0.717, 1.165) is 0 Å². The van der Waals surface area contributed by atoms with Gasteiger partial charge in [0.1, 0.15) is 5.75 Å². The van der Waals surface area contributed by atoms with Gasteiger partial charge in [0.15, 0.2) is 11.9 Å². The summed E-state index contributed by atoms with van der Waals surface area (Å²) in [6.45, 7) is 5.78. The molecule has 10 nitrogen and oxygen atoms in total. The van der Waals surface area contributed by atoms with E-state index in [4.69, 9.17) is 27.9 Å². The zero-order valence-electron chi connectivity index (χ0n) is 17.2. The number of hydrogen-bond donors (Lipinski definition) is 4. The molecule has 32 heavy (non-hydrogen) atoms. The van der Waals surface area contributed by atoms with Gasteiger partial charge in [0, 0.05) is 17.3 Å². The van der Waals surface area contributed by atoms with Crippen LogP contribution in [0.15, 0.2) is 35.1 Å². The van der Waals surface area contributed by atoms with Gasteiger partial charge in [0.2, 0.25) is 0 Å². The van der Waals surface area contributed by atoms with E-state index in [1.807, 2.05) is 20.8 Å². The Morgan fingerprint density at radius 1 is 1.16 bits per heavy atom. The Bertz CT molecular complexity index is 1270. The van der Waals surface area contributed by atoms with E-state index in [9.17, 15) is 14.4 Å². The van der Waals surface area contributed by atoms with Crippen molar-refractivity contribution < 1.29 is 19.2 Å². The molecule has 4 N–H and O–H groups in total. The van der Waals surface area contributed by atoms with Gasteiger partial charge in [-0.15, -0.1) is 5.48 Å². The van der Waals surface area contributed by atoms with E-state index >= 15 is 0 Å². The first-order valence-electron chi connectivity index (χ1n) is 9.49. The number of H-pyrrole nitrogens is 1. The summed E-state index contributed by atoms with van der Waals surface area (Å²) in [4.78, 5) is 42.9. The van der Waals surface area contributed by atoms with Crippen molar-refractivity contribution in [3.8, 4) is 11.5 Å². The first-order valence-corrected chi connectivity index (χ1v) is 10.2. The lowest BCUT2D eigenvalue weighted by atomic mass is 10.1. The summed E-state index contributed by atoms with van der Waals surface area (Å²) in [7, 11) is 0. The van der Waals surface area contributed by atoms with Crippen molar-refractivity contribution in [1.82, 2.24) is 20.3 Å². The van der Waals surface area contributed by atoms with E-state index in [-0.39, 0.29) is 21.5 Å². The monoisotopic (exact) mass is 479 g/mol. The number of hydroxylamine groups is 1. The molecule has 0 spiro atoms. The highest BCUT2D eigenvalue weighted by Crippen LogP contribution is 2.39. The van der Waals surface area contributed by atoms with Gasteiger partial charge in [-0.3, -0.25) is 14.7 Å². The summed E-state index contributed by atoms with van der Waals surface area (Å²) >= 11 is 12.7. The molecule has 1 atom stereocenters. The number of anilines is 1. The molecule has 0 radical (unpaired) electrons. The van der Waals surface area contributed by atoms with Crippen LogP contribution in [0.1, 0.15) is 20.8 Å². The molecule has 1 aromatic heterocycles. The van der Waals surface area contributed by atoms with E-state index in [0.29, 0.717) is 22.5 Å². The van der Waals surface area contributed by atoms with Crippen molar-refractivity contribution >= 4 is 51.9 Å². The number of nitrogens with one attached hydrogen (secondary N) is 4. The van der Waals surface area contributed by atoms with Gasteiger partial charge < -0.3 is 19.9 Å². The lowest BCUT2D eigenvalue weighted by Crippen LogP contribution is -2.43. The molecule has 1 fully saturated rings. The van der Waals surface area contributed by atoms with Gasteiger partial charge in [0.25, 0.3) is 5.91 Å². The third-order valence-corrected chi connectivity index (χ3v) is 5.17. The Labute approximate surface area is 191 Å². The number of fused-ring (bicyclic) bond motifs is 1. The van der Waals surface area contributed by atoms with Crippen LogP contribution in [-0.4, -0.2) is 27.7 Å². The summed E-state index contributed by atoms with van der Waals surface area (Å²) in [6.07, 6.45) is -1.81. The summed E-state index contributed by atoms with van der Waals surface area (Å²) in [6, 6.07) is 8.05. The Balaban J connectivity index is 1.59. The van der Waals surface area contributed by atoms with Crippen LogP contribution in [-0.2, 0) is 15.2 Å². The number of carbonyl (C=O) groups excluding carboxylic acids is 2. The van der Waals surface area contributed by atoms with Gasteiger partial charge in [-0.05, 0) is 45.0 Å². The molecule has 2 amide bonds. The number of halogens is 2. The normalized spacial score (nSPS) is 16.0. The maximum absolute atomic E-state index is 12.4. The number of carbonyl (C=O) groups is 2. The third kappa shape index (κ3) is 4.24. The molecule has 0 bridgehead atoms. The predicted octanol–water partition coefficient (Wildman–Crippen LogP) is 3.69. The molecule has 1 saturated heterocycles. The standard InChI is InChI=1S/C20H19Cl2N5O5/c1-20(2,3)27-14-8-10(4-5-13(14)24-18(27)29)31-15-11(21)6-9(7-12(15)22)23-17(28)16-25-19(30)32-26-16/h4-8,16,26H,1-3H3,(H,23,28)(H,24,29)(H,25,30). The van der Waals surface area contributed by atoms with E-state index < -0.39 is 23.7 Å². The molecule has 12 heteroatoms. The minimum absolute atomic E-state index is 0.148. The molecular weight excluding hydrogens is 461 g/mol. The van der Waals surface area contributed by atoms with Crippen molar-refractivity contribution in [3.63, 3.8) is 0 Å². The molecule has 1 aliphatic rings. The van der Waals surface area contributed by atoms with Crippen LogP contribution in [0.5, 0.6) is 11.5 Å². The van der Waals surface area contributed by atoms with Crippen molar-refractivity contribution in [2.75, 3.05) is 5.32 Å². The molecule has 2 heterocycles. The number of amides is 2. The lowest BCUT2D eigenvalue weighted by Gasteiger charge is -2.21. The van der Waals surface area contributed by atoms with Crippen LogP contribution in [0.25, 0.3) is 11.0 Å². The molecule has 3 aromatic rings. The lowest BCUT2D eigenvalue weighted by molar-refractivity contribution is -0.119.